The van der Waals surface area contributed by atoms with E-state index in [1.807, 2.05) is 38.1 Å². The Morgan fingerprint density at radius 3 is 2.57 bits per heavy atom. The highest BCUT2D eigenvalue weighted by molar-refractivity contribution is 5.80. The quantitative estimate of drug-likeness (QED) is 0.690. The normalized spacial score (nSPS) is 12.4. The van der Waals surface area contributed by atoms with E-state index >= 15 is 0 Å². The van der Waals surface area contributed by atoms with E-state index in [1.165, 1.54) is 23.1 Å². The summed E-state index contributed by atoms with van der Waals surface area (Å²) in [5.41, 5.74) is 6.04. The van der Waals surface area contributed by atoms with Gasteiger partial charge in [0.15, 0.2) is 13.2 Å². The van der Waals surface area contributed by atoms with E-state index in [4.69, 9.17) is 9.47 Å². The minimum absolute atomic E-state index is 0.202. The van der Waals surface area contributed by atoms with Gasteiger partial charge in [0, 0.05) is 13.6 Å². The van der Waals surface area contributed by atoms with Gasteiger partial charge in [0.2, 0.25) is 0 Å². The summed E-state index contributed by atoms with van der Waals surface area (Å²) in [5.74, 6) is -0.129. The summed E-state index contributed by atoms with van der Waals surface area (Å²) in [4.78, 5) is 25.7. The number of hydrogen-bond donors (Lipinski definition) is 0. The van der Waals surface area contributed by atoms with Crippen molar-refractivity contribution in [2.24, 2.45) is 0 Å². The molecule has 1 aliphatic rings. The molecule has 0 spiro atoms. The number of esters is 1. The number of fused-ring (bicyclic) bond motifs is 1. The molecule has 0 heterocycles. The van der Waals surface area contributed by atoms with Crippen LogP contribution in [0.5, 0.6) is 5.75 Å². The molecule has 0 atom stereocenters. The molecule has 148 valence electrons. The Bertz CT molecular complexity index is 875. The first kappa shape index (κ1) is 19.9. The molecule has 0 saturated heterocycles. The maximum Gasteiger partial charge on any atom is 0.344 e. The van der Waals surface area contributed by atoms with Crippen LogP contribution in [0.1, 0.15) is 34.2 Å². The first-order valence-electron chi connectivity index (χ1n) is 9.62. The van der Waals surface area contributed by atoms with Crippen LogP contribution in [0.4, 0.5) is 0 Å². The average molecular weight is 381 g/mol. The minimum Gasteiger partial charge on any atom is -0.482 e. The van der Waals surface area contributed by atoms with Crippen molar-refractivity contribution in [2.45, 2.75) is 39.7 Å². The molecule has 0 aliphatic heterocycles. The van der Waals surface area contributed by atoms with Crippen LogP contribution in [0.15, 0.2) is 36.4 Å². The van der Waals surface area contributed by atoms with Crippen molar-refractivity contribution < 1.29 is 19.1 Å². The lowest BCUT2D eigenvalue weighted by atomic mass is 10.1. The summed E-state index contributed by atoms with van der Waals surface area (Å²) in [7, 11) is 1.70. The van der Waals surface area contributed by atoms with Crippen molar-refractivity contribution in [3.63, 3.8) is 0 Å². The zero-order valence-corrected chi connectivity index (χ0v) is 16.8. The Kier molecular flexibility index (Phi) is 6.34. The van der Waals surface area contributed by atoms with Gasteiger partial charge in [0.25, 0.3) is 5.91 Å². The monoisotopic (exact) mass is 381 g/mol. The number of aryl methyl sites for hydroxylation is 4. The molecule has 1 amide bonds. The lowest BCUT2D eigenvalue weighted by Crippen LogP contribution is -2.31. The third kappa shape index (κ3) is 5.12. The van der Waals surface area contributed by atoms with Crippen molar-refractivity contribution >= 4 is 11.9 Å². The molecule has 0 fully saturated rings. The summed E-state index contributed by atoms with van der Waals surface area (Å²) < 4.78 is 10.6. The number of nitrogens with zero attached hydrogens (tertiary/aromatic N) is 1. The fraction of sp³-hybridized carbons (Fsp3) is 0.391. The topological polar surface area (TPSA) is 55.8 Å². The zero-order chi connectivity index (χ0) is 20.1. The molecule has 0 N–H and O–H groups in total. The highest BCUT2D eigenvalue weighted by Gasteiger charge is 2.15. The molecular weight excluding hydrogens is 354 g/mol. The Hall–Kier alpha value is -2.82. The zero-order valence-electron chi connectivity index (χ0n) is 16.8. The van der Waals surface area contributed by atoms with Crippen LogP contribution in [-0.4, -0.2) is 37.0 Å². The molecule has 2 aromatic carbocycles. The largest absolute Gasteiger partial charge is 0.482 e. The number of rotatable bonds is 7. The second-order valence-corrected chi connectivity index (χ2v) is 7.41. The molecule has 5 nitrogen and oxygen atoms in total. The number of carbonyl (C=O) groups is 2. The highest BCUT2D eigenvalue weighted by atomic mass is 16.6. The van der Waals surface area contributed by atoms with Crippen molar-refractivity contribution in [3.8, 4) is 5.75 Å². The summed E-state index contributed by atoms with van der Waals surface area (Å²) in [6, 6.07) is 12.0. The van der Waals surface area contributed by atoms with E-state index in [0.29, 0.717) is 12.3 Å². The number of carbonyl (C=O) groups excluding carboxylic acids is 2. The van der Waals surface area contributed by atoms with Gasteiger partial charge in [-0.2, -0.15) is 0 Å². The highest BCUT2D eigenvalue weighted by Crippen LogP contribution is 2.26. The maximum atomic E-state index is 12.2. The Balaban J connectivity index is 1.42. The molecule has 0 unspecified atom stereocenters. The second kappa shape index (κ2) is 8.91. The lowest BCUT2D eigenvalue weighted by Gasteiger charge is -2.18. The first-order valence-corrected chi connectivity index (χ1v) is 9.62. The number of hydrogen-bond acceptors (Lipinski definition) is 4. The smallest absolute Gasteiger partial charge is 0.344 e. The van der Waals surface area contributed by atoms with Gasteiger partial charge >= 0.3 is 5.97 Å². The van der Waals surface area contributed by atoms with Gasteiger partial charge in [0.1, 0.15) is 5.75 Å². The van der Waals surface area contributed by atoms with Gasteiger partial charge in [-0.25, -0.2) is 4.79 Å². The molecule has 2 aromatic rings. The van der Waals surface area contributed by atoms with E-state index < -0.39 is 5.97 Å². The van der Waals surface area contributed by atoms with E-state index in [9.17, 15) is 9.59 Å². The van der Waals surface area contributed by atoms with E-state index in [-0.39, 0.29) is 19.1 Å². The van der Waals surface area contributed by atoms with E-state index in [1.54, 1.807) is 11.9 Å². The van der Waals surface area contributed by atoms with Crippen LogP contribution in [0.3, 0.4) is 0 Å². The molecule has 0 bridgehead atoms. The maximum absolute atomic E-state index is 12.2. The van der Waals surface area contributed by atoms with Crippen molar-refractivity contribution in [2.75, 3.05) is 20.3 Å². The molecule has 28 heavy (non-hydrogen) atoms. The van der Waals surface area contributed by atoms with Gasteiger partial charge in [-0.15, -0.1) is 0 Å². The number of benzene rings is 2. The second-order valence-electron chi connectivity index (χ2n) is 7.41. The standard InChI is InChI=1S/C23H27NO4/c1-16-7-8-20(17(2)11-16)13-24(3)22(25)14-28-23(26)15-27-21-10-9-18-5-4-6-19(18)12-21/h7-12H,4-6,13-15H2,1-3H3. The summed E-state index contributed by atoms with van der Waals surface area (Å²) in [5, 5.41) is 0. The van der Waals surface area contributed by atoms with E-state index in [2.05, 4.69) is 12.1 Å². The first-order chi connectivity index (χ1) is 13.4. The van der Waals surface area contributed by atoms with E-state index in [0.717, 1.165) is 24.0 Å². The molecule has 1 aliphatic carbocycles. The van der Waals surface area contributed by atoms with Crippen LogP contribution in [0.2, 0.25) is 0 Å². The summed E-state index contributed by atoms with van der Waals surface area (Å²) in [6.45, 7) is 4.06. The number of amides is 1. The fourth-order valence-corrected chi connectivity index (χ4v) is 3.44. The third-order valence-electron chi connectivity index (χ3n) is 5.11. The Labute approximate surface area is 166 Å². The van der Waals surface area contributed by atoms with Gasteiger partial charge in [0.05, 0.1) is 0 Å². The third-order valence-corrected chi connectivity index (χ3v) is 5.11. The van der Waals surface area contributed by atoms with Crippen LogP contribution < -0.4 is 4.74 Å². The molecule has 0 aromatic heterocycles. The van der Waals surface area contributed by atoms with Gasteiger partial charge in [-0.05, 0) is 67.5 Å². The molecule has 0 radical (unpaired) electrons. The number of ether oxygens (including phenoxy) is 2. The van der Waals surface area contributed by atoms with Crippen LogP contribution in [0.25, 0.3) is 0 Å². The number of likely N-dealkylation sites (N-methyl/N-ethyl adjacent to an activating group) is 1. The van der Waals surface area contributed by atoms with Crippen molar-refractivity contribution in [3.05, 3.63) is 64.2 Å². The molecule has 3 rings (SSSR count). The average Bonchev–Trinajstić information content (AvgIpc) is 3.14. The van der Waals surface area contributed by atoms with Gasteiger partial charge < -0.3 is 14.4 Å². The van der Waals surface area contributed by atoms with Crippen molar-refractivity contribution in [1.82, 2.24) is 4.90 Å². The van der Waals surface area contributed by atoms with Gasteiger partial charge in [-0.1, -0.05) is 29.8 Å². The summed E-state index contributed by atoms with van der Waals surface area (Å²) in [6.07, 6.45) is 3.33. The van der Waals surface area contributed by atoms with Crippen LogP contribution in [0, 0.1) is 13.8 Å². The van der Waals surface area contributed by atoms with Crippen LogP contribution in [-0.2, 0) is 33.7 Å². The predicted molar refractivity (Wildman–Crippen MR) is 107 cm³/mol. The summed E-state index contributed by atoms with van der Waals surface area (Å²) >= 11 is 0. The fourth-order valence-electron chi connectivity index (χ4n) is 3.44. The predicted octanol–water partition coefficient (Wildman–Crippen LogP) is 3.37. The molecule has 5 heteroatoms. The van der Waals surface area contributed by atoms with Crippen molar-refractivity contribution in [1.29, 1.82) is 0 Å². The molecular formula is C23H27NO4. The SMILES string of the molecule is Cc1ccc(CN(C)C(=O)COC(=O)COc2ccc3c(c2)CCC3)c(C)c1. The molecule has 0 saturated carbocycles. The van der Waals surface area contributed by atoms with Gasteiger partial charge in [-0.3, -0.25) is 4.79 Å². The minimum atomic E-state index is -0.547. The van der Waals surface area contributed by atoms with Crippen LogP contribution >= 0.6 is 0 Å². The lowest BCUT2D eigenvalue weighted by molar-refractivity contribution is -0.153. The Morgan fingerprint density at radius 2 is 1.79 bits per heavy atom. The Morgan fingerprint density at radius 1 is 1.00 bits per heavy atom.